The number of benzene rings is 1. The third-order valence-electron chi connectivity index (χ3n) is 4.91. The molecule has 26 heavy (non-hydrogen) atoms. The monoisotopic (exact) mass is 359 g/mol. The summed E-state index contributed by atoms with van der Waals surface area (Å²) in [6.45, 7) is 5.84. The summed E-state index contributed by atoms with van der Waals surface area (Å²) in [5.74, 6) is -0.426. The van der Waals surface area contributed by atoms with Crippen molar-refractivity contribution in [1.29, 1.82) is 0 Å². The molecular formula is C20H29N3O3. The van der Waals surface area contributed by atoms with Crippen LogP contribution in [0.2, 0.25) is 0 Å². The minimum absolute atomic E-state index is 0.00283. The number of carbonyl (C=O) groups is 3. The topological polar surface area (TPSA) is 78.5 Å². The quantitative estimate of drug-likeness (QED) is 0.745. The van der Waals surface area contributed by atoms with Gasteiger partial charge in [-0.05, 0) is 30.9 Å². The number of carbonyl (C=O) groups excluding carboxylic acids is 3. The molecule has 6 nitrogen and oxygen atoms in total. The number of nitrogens with zero attached hydrogens (tertiary/aromatic N) is 1. The van der Waals surface area contributed by atoms with E-state index in [1.807, 2.05) is 24.8 Å². The Kier molecular flexibility index (Phi) is 7.63. The maximum Gasteiger partial charge on any atom is 0.251 e. The van der Waals surface area contributed by atoms with Gasteiger partial charge in [-0.1, -0.05) is 38.5 Å². The van der Waals surface area contributed by atoms with E-state index >= 15 is 0 Å². The van der Waals surface area contributed by atoms with Gasteiger partial charge in [0.1, 0.15) is 6.04 Å². The van der Waals surface area contributed by atoms with Gasteiger partial charge in [0.2, 0.25) is 11.8 Å². The van der Waals surface area contributed by atoms with E-state index in [1.165, 1.54) is 0 Å². The van der Waals surface area contributed by atoms with Gasteiger partial charge >= 0.3 is 0 Å². The van der Waals surface area contributed by atoms with E-state index in [4.69, 9.17) is 0 Å². The van der Waals surface area contributed by atoms with E-state index in [-0.39, 0.29) is 23.6 Å². The van der Waals surface area contributed by atoms with Crippen molar-refractivity contribution in [2.45, 2.75) is 45.6 Å². The van der Waals surface area contributed by atoms with Gasteiger partial charge < -0.3 is 15.5 Å². The lowest BCUT2D eigenvalue weighted by atomic mass is 9.97. The first-order chi connectivity index (χ1) is 12.5. The molecule has 1 aromatic carbocycles. The number of hydrogen-bond acceptors (Lipinski definition) is 3. The summed E-state index contributed by atoms with van der Waals surface area (Å²) < 4.78 is 0. The van der Waals surface area contributed by atoms with Gasteiger partial charge in [0.15, 0.2) is 0 Å². The van der Waals surface area contributed by atoms with Crippen LogP contribution in [0, 0.1) is 5.92 Å². The zero-order chi connectivity index (χ0) is 18.9. The molecule has 1 aliphatic heterocycles. The molecule has 6 heteroatoms. The van der Waals surface area contributed by atoms with Crippen LogP contribution in [0.25, 0.3) is 0 Å². The molecule has 1 heterocycles. The van der Waals surface area contributed by atoms with Crippen LogP contribution in [-0.4, -0.2) is 48.3 Å². The Morgan fingerprint density at radius 3 is 2.38 bits per heavy atom. The Labute approximate surface area is 155 Å². The summed E-state index contributed by atoms with van der Waals surface area (Å²) in [5.41, 5.74) is 0.526. The predicted octanol–water partition coefficient (Wildman–Crippen LogP) is 1.96. The van der Waals surface area contributed by atoms with Crippen molar-refractivity contribution in [3.8, 4) is 0 Å². The first-order valence-corrected chi connectivity index (χ1v) is 9.44. The van der Waals surface area contributed by atoms with Gasteiger partial charge in [-0.2, -0.15) is 0 Å². The van der Waals surface area contributed by atoms with E-state index in [9.17, 15) is 14.4 Å². The van der Waals surface area contributed by atoms with Gasteiger partial charge in [-0.25, -0.2) is 0 Å². The maximum atomic E-state index is 12.6. The summed E-state index contributed by atoms with van der Waals surface area (Å²) >= 11 is 0. The second-order valence-electron chi connectivity index (χ2n) is 6.83. The van der Waals surface area contributed by atoms with Crippen molar-refractivity contribution in [3.63, 3.8) is 0 Å². The number of rotatable bonds is 8. The summed E-state index contributed by atoms with van der Waals surface area (Å²) in [5, 5.41) is 5.64. The molecule has 0 aromatic heterocycles. The molecule has 0 aliphatic carbocycles. The average molecular weight is 359 g/mol. The molecule has 0 unspecified atom stereocenters. The predicted molar refractivity (Wildman–Crippen MR) is 101 cm³/mol. The van der Waals surface area contributed by atoms with E-state index in [0.717, 1.165) is 32.4 Å². The van der Waals surface area contributed by atoms with Crippen molar-refractivity contribution in [2.75, 3.05) is 19.6 Å². The Morgan fingerprint density at radius 1 is 1.12 bits per heavy atom. The van der Waals surface area contributed by atoms with E-state index in [0.29, 0.717) is 18.5 Å². The van der Waals surface area contributed by atoms with Gasteiger partial charge in [-0.15, -0.1) is 0 Å². The maximum absolute atomic E-state index is 12.6. The van der Waals surface area contributed by atoms with Crippen LogP contribution in [-0.2, 0) is 9.59 Å². The van der Waals surface area contributed by atoms with Crippen LogP contribution in [0.1, 0.15) is 49.9 Å². The highest BCUT2D eigenvalue weighted by molar-refractivity contribution is 5.97. The Hall–Kier alpha value is -2.37. The molecule has 0 radical (unpaired) electrons. The van der Waals surface area contributed by atoms with Crippen molar-refractivity contribution in [2.24, 2.45) is 5.92 Å². The lowest BCUT2D eigenvalue weighted by Crippen LogP contribution is -2.50. The lowest BCUT2D eigenvalue weighted by Gasteiger charge is -2.24. The summed E-state index contributed by atoms with van der Waals surface area (Å²) in [7, 11) is 0. The Bertz CT molecular complexity index is 612. The molecule has 2 N–H and O–H groups in total. The smallest absolute Gasteiger partial charge is 0.251 e. The molecule has 2 rings (SSSR count). The minimum Gasteiger partial charge on any atom is -0.354 e. The molecule has 2 atom stereocenters. The molecule has 1 saturated heterocycles. The highest BCUT2D eigenvalue weighted by atomic mass is 16.2. The minimum atomic E-state index is -0.616. The number of amides is 3. The van der Waals surface area contributed by atoms with E-state index in [1.54, 1.807) is 24.3 Å². The number of hydrogen-bond donors (Lipinski definition) is 2. The second-order valence-corrected chi connectivity index (χ2v) is 6.83. The molecule has 1 fully saturated rings. The average Bonchev–Trinajstić information content (AvgIpc) is 3.20. The normalized spacial score (nSPS) is 16.0. The Balaban J connectivity index is 1.87. The first-order valence-electron chi connectivity index (χ1n) is 9.44. The third kappa shape index (κ3) is 5.58. The standard InChI is InChI=1S/C20H29N3O3/c1-3-15(2)18(22-19(25)16-9-5-4-6-10-16)20(26)21-12-11-17(24)23-13-7-8-14-23/h4-6,9-10,15,18H,3,7-8,11-14H2,1-2H3,(H,21,26)(H,22,25)/t15-,18-/m1/s1. The fourth-order valence-corrected chi connectivity index (χ4v) is 3.04. The first kappa shape index (κ1) is 19.9. The third-order valence-corrected chi connectivity index (χ3v) is 4.91. The highest BCUT2D eigenvalue weighted by Gasteiger charge is 2.26. The van der Waals surface area contributed by atoms with Gasteiger partial charge in [0.25, 0.3) is 5.91 Å². The van der Waals surface area contributed by atoms with Gasteiger partial charge in [0.05, 0.1) is 0 Å². The largest absolute Gasteiger partial charge is 0.354 e. The fourth-order valence-electron chi connectivity index (χ4n) is 3.04. The van der Waals surface area contributed by atoms with Crippen LogP contribution in [0.3, 0.4) is 0 Å². The van der Waals surface area contributed by atoms with Crippen LogP contribution in [0.15, 0.2) is 30.3 Å². The molecule has 3 amide bonds. The summed E-state index contributed by atoms with van der Waals surface area (Å²) in [6, 6.07) is 8.24. The molecule has 0 bridgehead atoms. The van der Waals surface area contributed by atoms with E-state index < -0.39 is 6.04 Å². The van der Waals surface area contributed by atoms with Crippen LogP contribution < -0.4 is 10.6 Å². The van der Waals surface area contributed by atoms with Crippen molar-refractivity contribution in [1.82, 2.24) is 15.5 Å². The SMILES string of the molecule is CC[C@@H](C)[C@@H](NC(=O)c1ccccc1)C(=O)NCCC(=O)N1CCCC1. The van der Waals surface area contributed by atoms with E-state index in [2.05, 4.69) is 10.6 Å². The number of likely N-dealkylation sites (tertiary alicyclic amines) is 1. The summed E-state index contributed by atoms with van der Waals surface area (Å²) in [4.78, 5) is 38.8. The molecule has 1 aromatic rings. The zero-order valence-corrected chi connectivity index (χ0v) is 15.7. The van der Waals surface area contributed by atoms with Crippen LogP contribution in [0.5, 0.6) is 0 Å². The number of nitrogens with one attached hydrogen (secondary N) is 2. The van der Waals surface area contributed by atoms with Gasteiger partial charge in [-0.3, -0.25) is 14.4 Å². The lowest BCUT2D eigenvalue weighted by molar-refractivity contribution is -0.130. The van der Waals surface area contributed by atoms with Crippen LogP contribution >= 0.6 is 0 Å². The molecule has 0 saturated carbocycles. The van der Waals surface area contributed by atoms with Crippen molar-refractivity contribution < 1.29 is 14.4 Å². The molecular weight excluding hydrogens is 330 g/mol. The Morgan fingerprint density at radius 2 is 1.77 bits per heavy atom. The van der Waals surface area contributed by atoms with Crippen molar-refractivity contribution >= 4 is 17.7 Å². The highest BCUT2D eigenvalue weighted by Crippen LogP contribution is 2.11. The fraction of sp³-hybridized carbons (Fsp3) is 0.550. The zero-order valence-electron chi connectivity index (χ0n) is 15.7. The van der Waals surface area contributed by atoms with Crippen LogP contribution in [0.4, 0.5) is 0 Å². The molecule has 142 valence electrons. The second kappa shape index (κ2) is 9.94. The summed E-state index contributed by atoms with van der Waals surface area (Å²) in [6.07, 6.45) is 3.17. The van der Waals surface area contributed by atoms with Gasteiger partial charge in [0, 0.05) is 31.6 Å². The molecule has 1 aliphatic rings. The molecule has 0 spiro atoms. The van der Waals surface area contributed by atoms with Crippen molar-refractivity contribution in [3.05, 3.63) is 35.9 Å².